The Morgan fingerprint density at radius 2 is 1.90 bits per heavy atom. The molecule has 1 aliphatic heterocycles. The molecule has 0 fully saturated rings. The van der Waals surface area contributed by atoms with Crippen LogP contribution in [-0.4, -0.2) is 77.5 Å². The van der Waals surface area contributed by atoms with E-state index in [-0.39, 0.29) is 43.0 Å². The van der Waals surface area contributed by atoms with E-state index in [0.29, 0.717) is 5.56 Å². The smallest absolute Gasteiger partial charge is 0.259 e. The summed E-state index contributed by atoms with van der Waals surface area (Å²) in [5.41, 5.74) is 1.36. The molecular formula is C28H29FN4O5S. The van der Waals surface area contributed by atoms with Gasteiger partial charge in [0.15, 0.2) is 0 Å². The van der Waals surface area contributed by atoms with E-state index < -0.39 is 32.9 Å². The lowest BCUT2D eigenvalue weighted by molar-refractivity contribution is 0.0373. The molecule has 0 aliphatic carbocycles. The topological polar surface area (TPSA) is 113 Å². The molecule has 1 N–H and O–H groups in total. The lowest BCUT2D eigenvalue weighted by Crippen LogP contribution is -2.50. The molecule has 4 rings (SSSR count). The van der Waals surface area contributed by atoms with Crippen molar-refractivity contribution in [1.29, 1.82) is 0 Å². The summed E-state index contributed by atoms with van der Waals surface area (Å²) in [4.78, 5) is 23.0. The Morgan fingerprint density at radius 3 is 2.59 bits per heavy atom. The summed E-state index contributed by atoms with van der Waals surface area (Å²) in [5, 5.41) is 9.84. The summed E-state index contributed by atoms with van der Waals surface area (Å²) in [6.07, 6.45) is 3.99. The van der Waals surface area contributed by atoms with Gasteiger partial charge in [0.1, 0.15) is 22.4 Å². The van der Waals surface area contributed by atoms with E-state index in [9.17, 15) is 22.7 Å². The van der Waals surface area contributed by atoms with Crippen molar-refractivity contribution in [3.05, 3.63) is 83.6 Å². The first-order valence-corrected chi connectivity index (χ1v) is 13.8. The molecule has 3 heterocycles. The van der Waals surface area contributed by atoms with Gasteiger partial charge >= 0.3 is 0 Å². The summed E-state index contributed by atoms with van der Waals surface area (Å²) >= 11 is 0. The number of carbonyl (C=O) groups excluding carboxylic acids is 1. The average molecular weight is 553 g/mol. The number of ether oxygens (including phenoxy) is 1. The van der Waals surface area contributed by atoms with Crippen molar-refractivity contribution in [3.63, 3.8) is 0 Å². The van der Waals surface area contributed by atoms with Gasteiger partial charge in [0.25, 0.3) is 5.91 Å². The number of aromatic nitrogens is 2. The third kappa shape index (κ3) is 6.25. The third-order valence-electron chi connectivity index (χ3n) is 6.51. The van der Waals surface area contributed by atoms with Crippen molar-refractivity contribution in [3.8, 4) is 17.7 Å². The highest BCUT2D eigenvalue weighted by Gasteiger charge is 2.36. The first-order chi connectivity index (χ1) is 18.6. The zero-order chi connectivity index (χ0) is 28.2. The number of benzene rings is 1. The van der Waals surface area contributed by atoms with Crippen molar-refractivity contribution < 1.29 is 27.4 Å². The molecule has 0 saturated carbocycles. The standard InChI is InChI=1S/C28H29FN4O5S/c1-19-16-33(20(2)18-34)28(35)23-14-22(9-8-21-10-12-30-13-11-21)15-31-27(23)38-25(19)17-32(3)39(36,37)26-7-5-4-6-24(26)29/h4-7,10-15,19-20,25,34H,16-18H2,1-3H3/t19-,20+,25-/m1/s1. The Labute approximate surface area is 227 Å². The van der Waals surface area contributed by atoms with Crippen molar-refractivity contribution in [2.75, 3.05) is 26.7 Å². The number of amides is 1. The quantitative estimate of drug-likeness (QED) is 0.468. The van der Waals surface area contributed by atoms with Crippen LogP contribution in [0.2, 0.25) is 0 Å². The van der Waals surface area contributed by atoms with Gasteiger partial charge in [-0.1, -0.05) is 30.9 Å². The Bertz CT molecular complexity index is 1510. The maximum atomic E-state index is 14.3. The molecule has 3 atom stereocenters. The van der Waals surface area contributed by atoms with Gasteiger partial charge in [-0.15, -0.1) is 0 Å². The van der Waals surface area contributed by atoms with Crippen LogP contribution >= 0.6 is 0 Å². The van der Waals surface area contributed by atoms with Crippen LogP contribution < -0.4 is 4.74 Å². The molecule has 1 aliphatic rings. The van der Waals surface area contributed by atoms with Crippen LogP contribution in [0.3, 0.4) is 0 Å². The number of carbonyl (C=O) groups is 1. The van der Waals surface area contributed by atoms with E-state index in [1.54, 1.807) is 37.5 Å². The highest BCUT2D eigenvalue weighted by molar-refractivity contribution is 7.89. The normalized spacial score (nSPS) is 18.3. The second kappa shape index (κ2) is 11.9. The number of pyridine rings is 2. The van der Waals surface area contributed by atoms with Crippen molar-refractivity contribution in [1.82, 2.24) is 19.2 Å². The number of aliphatic hydroxyl groups is 1. The van der Waals surface area contributed by atoms with Crippen LogP contribution in [0.15, 0.2) is 66.0 Å². The summed E-state index contributed by atoms with van der Waals surface area (Å²) in [7, 11) is -2.81. The number of hydrogen-bond donors (Lipinski definition) is 1. The maximum absolute atomic E-state index is 14.3. The Morgan fingerprint density at radius 1 is 1.21 bits per heavy atom. The predicted octanol–water partition coefficient (Wildman–Crippen LogP) is 2.56. The highest BCUT2D eigenvalue weighted by atomic mass is 32.2. The van der Waals surface area contributed by atoms with Crippen LogP contribution in [0.5, 0.6) is 5.88 Å². The lowest BCUT2D eigenvalue weighted by Gasteiger charge is -2.37. The van der Waals surface area contributed by atoms with Gasteiger partial charge in [-0.2, -0.15) is 4.31 Å². The average Bonchev–Trinajstić information content (AvgIpc) is 2.94. The zero-order valence-corrected chi connectivity index (χ0v) is 22.6. The summed E-state index contributed by atoms with van der Waals surface area (Å²) in [5.74, 6) is 4.41. The number of likely N-dealkylation sites (N-methyl/N-ethyl adjacent to an activating group) is 1. The van der Waals surface area contributed by atoms with Gasteiger partial charge < -0.3 is 14.7 Å². The van der Waals surface area contributed by atoms with Crippen LogP contribution in [0.4, 0.5) is 4.39 Å². The van der Waals surface area contributed by atoms with Gasteiger partial charge in [0, 0.05) is 49.2 Å². The molecule has 0 unspecified atom stereocenters. The van der Waals surface area contributed by atoms with Crippen LogP contribution in [0.25, 0.3) is 0 Å². The Kier molecular flexibility index (Phi) is 8.60. The van der Waals surface area contributed by atoms with Crippen molar-refractivity contribution in [2.24, 2.45) is 5.92 Å². The SMILES string of the molecule is C[C@@H]1CN([C@@H](C)CO)C(=O)c2cc(C#Cc3ccncc3)cnc2O[C@@H]1CN(C)S(=O)(=O)c1ccccc1F. The molecule has 1 amide bonds. The van der Waals surface area contributed by atoms with Gasteiger partial charge in [-0.3, -0.25) is 9.78 Å². The number of aliphatic hydroxyl groups excluding tert-OH is 1. The number of halogens is 1. The summed E-state index contributed by atoms with van der Waals surface area (Å²) in [6, 6.07) is 9.73. The molecule has 9 nitrogen and oxygen atoms in total. The Hall–Kier alpha value is -3.85. The van der Waals surface area contributed by atoms with E-state index >= 15 is 0 Å². The molecule has 0 bridgehead atoms. The molecule has 204 valence electrons. The highest BCUT2D eigenvalue weighted by Crippen LogP contribution is 2.28. The summed E-state index contributed by atoms with van der Waals surface area (Å²) < 4.78 is 47.8. The molecule has 0 saturated heterocycles. The van der Waals surface area contributed by atoms with E-state index in [4.69, 9.17) is 4.74 Å². The number of hydrogen-bond acceptors (Lipinski definition) is 7. The van der Waals surface area contributed by atoms with E-state index in [1.807, 2.05) is 6.92 Å². The third-order valence-corrected chi connectivity index (χ3v) is 8.37. The van der Waals surface area contributed by atoms with E-state index in [2.05, 4.69) is 21.8 Å². The van der Waals surface area contributed by atoms with E-state index in [1.165, 1.54) is 36.3 Å². The lowest BCUT2D eigenvalue weighted by atomic mass is 10.0. The Balaban J connectivity index is 1.69. The molecule has 39 heavy (non-hydrogen) atoms. The van der Waals surface area contributed by atoms with Gasteiger partial charge in [-0.25, -0.2) is 17.8 Å². The largest absolute Gasteiger partial charge is 0.472 e. The maximum Gasteiger partial charge on any atom is 0.259 e. The van der Waals surface area contributed by atoms with Crippen molar-refractivity contribution >= 4 is 15.9 Å². The fraction of sp³-hybridized carbons (Fsp3) is 0.321. The van der Waals surface area contributed by atoms with Crippen LogP contribution in [-0.2, 0) is 10.0 Å². The fourth-order valence-electron chi connectivity index (χ4n) is 4.14. The zero-order valence-electron chi connectivity index (χ0n) is 21.8. The van der Waals surface area contributed by atoms with Gasteiger partial charge in [0.2, 0.25) is 15.9 Å². The second-order valence-corrected chi connectivity index (χ2v) is 11.4. The molecule has 1 aromatic carbocycles. The minimum Gasteiger partial charge on any atom is -0.472 e. The number of sulfonamides is 1. The number of fused-ring (bicyclic) bond motifs is 1. The fourth-order valence-corrected chi connectivity index (χ4v) is 5.39. The van der Waals surface area contributed by atoms with Crippen LogP contribution in [0.1, 0.15) is 35.3 Å². The predicted molar refractivity (Wildman–Crippen MR) is 142 cm³/mol. The monoisotopic (exact) mass is 552 g/mol. The molecular weight excluding hydrogens is 523 g/mol. The molecule has 0 spiro atoms. The second-order valence-electron chi connectivity index (χ2n) is 9.40. The van der Waals surface area contributed by atoms with Gasteiger partial charge in [0.05, 0.1) is 19.2 Å². The molecule has 2 aromatic heterocycles. The first kappa shape index (κ1) is 28.2. The molecule has 0 radical (unpaired) electrons. The van der Waals surface area contributed by atoms with Crippen LogP contribution in [0, 0.1) is 23.6 Å². The summed E-state index contributed by atoms with van der Waals surface area (Å²) in [6.45, 7) is 3.33. The van der Waals surface area contributed by atoms with Crippen molar-refractivity contribution in [2.45, 2.75) is 30.9 Å². The minimum atomic E-state index is -4.16. The van der Waals surface area contributed by atoms with Gasteiger partial charge in [-0.05, 0) is 37.3 Å². The number of rotatable bonds is 6. The number of nitrogens with zero attached hydrogens (tertiary/aromatic N) is 4. The molecule has 11 heteroatoms. The molecule has 3 aromatic rings. The minimum absolute atomic E-state index is 0.0258. The first-order valence-electron chi connectivity index (χ1n) is 12.3. The van der Waals surface area contributed by atoms with E-state index in [0.717, 1.165) is 15.9 Å².